The Balaban J connectivity index is 1.97. The van der Waals surface area contributed by atoms with Crippen LogP contribution in [0.3, 0.4) is 0 Å². The van der Waals surface area contributed by atoms with E-state index in [4.69, 9.17) is 0 Å². The number of nitrogens with zero attached hydrogens (tertiary/aromatic N) is 2. The molecule has 0 bridgehead atoms. The van der Waals surface area contributed by atoms with Crippen LogP contribution in [0.25, 0.3) is 0 Å². The molecule has 1 N–H and O–H groups in total. The molecule has 0 aromatic heterocycles. The zero-order valence-electron chi connectivity index (χ0n) is 13.3. The van der Waals surface area contributed by atoms with Gasteiger partial charge in [0, 0.05) is 25.6 Å². The SMILES string of the molecule is CN(C)C1CCN(C(=O)CC2(CC(=O)O)CCCCC2)C1. The summed E-state index contributed by atoms with van der Waals surface area (Å²) < 4.78 is 0. The fourth-order valence-electron chi connectivity index (χ4n) is 3.86. The summed E-state index contributed by atoms with van der Waals surface area (Å²) in [5.74, 6) is -0.611. The van der Waals surface area contributed by atoms with Gasteiger partial charge in [-0.1, -0.05) is 19.3 Å². The number of rotatable bonds is 5. The quantitative estimate of drug-likeness (QED) is 0.842. The number of amides is 1. The van der Waals surface area contributed by atoms with Crippen LogP contribution in [0, 0.1) is 5.41 Å². The second-order valence-electron chi connectivity index (χ2n) is 7.05. The molecular weight excluding hydrogens is 268 g/mol. The number of carbonyl (C=O) groups is 2. The van der Waals surface area contributed by atoms with E-state index in [0.29, 0.717) is 12.5 Å². The average molecular weight is 296 g/mol. The fraction of sp³-hybridized carbons (Fsp3) is 0.875. The van der Waals surface area contributed by atoms with Gasteiger partial charge in [-0.15, -0.1) is 0 Å². The van der Waals surface area contributed by atoms with Gasteiger partial charge in [-0.25, -0.2) is 0 Å². The number of likely N-dealkylation sites (N-methyl/N-ethyl adjacent to an activating group) is 1. The molecule has 2 fully saturated rings. The number of carboxylic acids is 1. The summed E-state index contributed by atoms with van der Waals surface area (Å²) in [7, 11) is 4.09. The van der Waals surface area contributed by atoms with Crippen molar-refractivity contribution in [2.75, 3.05) is 27.2 Å². The van der Waals surface area contributed by atoms with Crippen molar-refractivity contribution in [3.05, 3.63) is 0 Å². The van der Waals surface area contributed by atoms with Gasteiger partial charge in [0.25, 0.3) is 0 Å². The van der Waals surface area contributed by atoms with Gasteiger partial charge in [0.05, 0.1) is 6.42 Å². The summed E-state index contributed by atoms with van der Waals surface area (Å²) in [5.41, 5.74) is -0.294. The molecule has 0 aromatic carbocycles. The smallest absolute Gasteiger partial charge is 0.303 e. The van der Waals surface area contributed by atoms with Crippen LogP contribution in [0.5, 0.6) is 0 Å². The molecule has 0 aromatic rings. The highest BCUT2D eigenvalue weighted by Crippen LogP contribution is 2.42. The topological polar surface area (TPSA) is 60.9 Å². The van der Waals surface area contributed by atoms with Crippen molar-refractivity contribution in [2.24, 2.45) is 5.41 Å². The molecule has 1 unspecified atom stereocenters. The van der Waals surface area contributed by atoms with Crippen molar-refractivity contribution >= 4 is 11.9 Å². The van der Waals surface area contributed by atoms with Crippen molar-refractivity contribution in [3.8, 4) is 0 Å². The highest BCUT2D eigenvalue weighted by Gasteiger charge is 2.38. The second kappa shape index (κ2) is 6.77. The van der Waals surface area contributed by atoms with Crippen LogP contribution >= 0.6 is 0 Å². The largest absolute Gasteiger partial charge is 0.481 e. The minimum absolute atomic E-state index is 0.143. The molecule has 1 aliphatic carbocycles. The Morgan fingerprint density at radius 2 is 1.86 bits per heavy atom. The molecule has 1 amide bonds. The zero-order chi connectivity index (χ0) is 15.5. The molecule has 21 heavy (non-hydrogen) atoms. The average Bonchev–Trinajstić information content (AvgIpc) is 2.88. The van der Waals surface area contributed by atoms with E-state index in [1.807, 2.05) is 19.0 Å². The van der Waals surface area contributed by atoms with E-state index in [1.54, 1.807) is 0 Å². The monoisotopic (exact) mass is 296 g/mol. The molecule has 0 spiro atoms. The fourth-order valence-corrected chi connectivity index (χ4v) is 3.86. The lowest BCUT2D eigenvalue weighted by atomic mass is 9.69. The Bertz CT molecular complexity index is 389. The van der Waals surface area contributed by atoms with E-state index < -0.39 is 5.97 Å². The maximum Gasteiger partial charge on any atom is 0.303 e. The van der Waals surface area contributed by atoms with Gasteiger partial charge in [0.2, 0.25) is 5.91 Å². The van der Waals surface area contributed by atoms with Gasteiger partial charge < -0.3 is 14.9 Å². The van der Waals surface area contributed by atoms with Crippen molar-refractivity contribution in [1.82, 2.24) is 9.80 Å². The number of aliphatic carboxylic acids is 1. The third-order valence-electron chi connectivity index (χ3n) is 5.21. The van der Waals surface area contributed by atoms with Gasteiger partial charge in [-0.05, 0) is 38.8 Å². The van der Waals surface area contributed by atoms with E-state index in [1.165, 1.54) is 6.42 Å². The van der Waals surface area contributed by atoms with E-state index in [0.717, 1.165) is 45.2 Å². The van der Waals surface area contributed by atoms with Gasteiger partial charge in [-0.2, -0.15) is 0 Å². The summed E-state index contributed by atoms with van der Waals surface area (Å²) in [6.07, 6.45) is 6.63. The molecule has 1 atom stereocenters. The maximum absolute atomic E-state index is 12.6. The maximum atomic E-state index is 12.6. The highest BCUT2D eigenvalue weighted by molar-refractivity contribution is 5.78. The molecule has 1 heterocycles. The molecule has 5 nitrogen and oxygen atoms in total. The minimum atomic E-state index is -0.766. The Hall–Kier alpha value is -1.10. The first kappa shape index (κ1) is 16.3. The van der Waals surface area contributed by atoms with Crippen LogP contribution in [0.4, 0.5) is 0 Å². The van der Waals surface area contributed by atoms with Crippen LogP contribution in [-0.4, -0.2) is 60.0 Å². The lowest BCUT2D eigenvalue weighted by Gasteiger charge is -2.36. The number of hydrogen-bond donors (Lipinski definition) is 1. The molecule has 5 heteroatoms. The van der Waals surface area contributed by atoms with Gasteiger partial charge in [-0.3, -0.25) is 9.59 Å². The molecular formula is C16H28N2O3. The third-order valence-corrected chi connectivity index (χ3v) is 5.21. The van der Waals surface area contributed by atoms with E-state index >= 15 is 0 Å². The second-order valence-corrected chi connectivity index (χ2v) is 7.05. The Morgan fingerprint density at radius 3 is 2.38 bits per heavy atom. The van der Waals surface area contributed by atoms with Crippen LogP contribution in [0.15, 0.2) is 0 Å². The summed E-state index contributed by atoms with van der Waals surface area (Å²) in [4.78, 5) is 27.9. The first-order chi connectivity index (χ1) is 9.92. The predicted octanol–water partition coefficient (Wildman–Crippen LogP) is 1.96. The van der Waals surface area contributed by atoms with E-state index in [2.05, 4.69) is 4.90 Å². The molecule has 2 rings (SSSR count). The van der Waals surface area contributed by atoms with Crippen LogP contribution in [0.2, 0.25) is 0 Å². The van der Waals surface area contributed by atoms with Crippen molar-refractivity contribution in [3.63, 3.8) is 0 Å². The van der Waals surface area contributed by atoms with Crippen molar-refractivity contribution < 1.29 is 14.7 Å². The lowest BCUT2D eigenvalue weighted by molar-refractivity contribution is -0.142. The number of carboxylic acid groups (broad SMARTS) is 1. The molecule has 0 radical (unpaired) electrons. The lowest BCUT2D eigenvalue weighted by Crippen LogP contribution is -2.38. The minimum Gasteiger partial charge on any atom is -0.481 e. The van der Waals surface area contributed by atoms with Gasteiger partial charge in [0.1, 0.15) is 0 Å². The Kier molecular flexibility index (Phi) is 5.25. The predicted molar refractivity (Wildman–Crippen MR) is 81.1 cm³/mol. The number of carbonyl (C=O) groups excluding carboxylic acids is 1. The number of hydrogen-bond acceptors (Lipinski definition) is 3. The van der Waals surface area contributed by atoms with Crippen LogP contribution in [-0.2, 0) is 9.59 Å². The molecule has 1 saturated carbocycles. The first-order valence-corrected chi connectivity index (χ1v) is 8.08. The van der Waals surface area contributed by atoms with Gasteiger partial charge >= 0.3 is 5.97 Å². The van der Waals surface area contributed by atoms with Crippen molar-refractivity contribution in [2.45, 2.75) is 57.4 Å². The van der Waals surface area contributed by atoms with Crippen molar-refractivity contribution in [1.29, 1.82) is 0 Å². The highest BCUT2D eigenvalue weighted by atomic mass is 16.4. The standard InChI is InChI=1S/C16H28N2O3/c1-17(2)13-6-9-18(12-13)14(19)10-16(11-15(20)21)7-4-3-5-8-16/h13H,3-12H2,1-2H3,(H,20,21). The summed E-state index contributed by atoms with van der Waals surface area (Å²) in [6.45, 7) is 1.60. The molecule has 2 aliphatic rings. The summed E-state index contributed by atoms with van der Waals surface area (Å²) in [5, 5.41) is 9.19. The van der Waals surface area contributed by atoms with E-state index in [9.17, 15) is 14.7 Å². The molecule has 1 aliphatic heterocycles. The van der Waals surface area contributed by atoms with Gasteiger partial charge in [0.15, 0.2) is 0 Å². The van der Waals surface area contributed by atoms with Crippen LogP contribution in [0.1, 0.15) is 51.4 Å². The molecule has 120 valence electrons. The number of likely N-dealkylation sites (tertiary alicyclic amines) is 1. The molecule has 1 saturated heterocycles. The summed E-state index contributed by atoms with van der Waals surface area (Å²) >= 11 is 0. The first-order valence-electron chi connectivity index (χ1n) is 8.08. The van der Waals surface area contributed by atoms with Crippen LogP contribution < -0.4 is 0 Å². The van der Waals surface area contributed by atoms with E-state index in [-0.39, 0.29) is 17.7 Å². The third kappa shape index (κ3) is 4.19. The zero-order valence-corrected chi connectivity index (χ0v) is 13.3. The Labute approximate surface area is 127 Å². The Morgan fingerprint density at radius 1 is 1.19 bits per heavy atom. The summed E-state index contributed by atoms with van der Waals surface area (Å²) in [6, 6.07) is 0.440. The normalized spacial score (nSPS) is 25.3.